The van der Waals surface area contributed by atoms with Crippen LogP contribution in [0.4, 0.5) is 19.3 Å². The number of ether oxygens (including phenoxy) is 2. The number of thioether (sulfide) groups is 1. The Hall–Kier alpha value is -2.30. The van der Waals surface area contributed by atoms with Gasteiger partial charge < -0.3 is 15.2 Å². The zero-order valence-electron chi connectivity index (χ0n) is 26.8. The van der Waals surface area contributed by atoms with Crippen LogP contribution in [0.3, 0.4) is 0 Å². The summed E-state index contributed by atoms with van der Waals surface area (Å²) in [6, 6.07) is 5.04. The number of anilines is 1. The quantitative estimate of drug-likeness (QED) is 0.149. The molecule has 0 spiro atoms. The number of hydrogen-bond donors (Lipinski definition) is 1. The van der Waals surface area contributed by atoms with Crippen LogP contribution >= 0.6 is 11.8 Å². The van der Waals surface area contributed by atoms with E-state index >= 15 is 8.78 Å². The zero-order chi connectivity index (χ0) is 32.0. The first-order valence-corrected chi connectivity index (χ1v) is 22.7. The second-order valence-corrected chi connectivity index (χ2v) is 26.9. The molecular formula is C29H46F2N6O3SSi2. The van der Waals surface area contributed by atoms with Gasteiger partial charge in [0, 0.05) is 42.8 Å². The molecule has 2 aliphatic rings. The molecule has 1 aliphatic carbocycles. The van der Waals surface area contributed by atoms with E-state index in [2.05, 4.69) is 49.6 Å². The molecule has 14 heteroatoms. The summed E-state index contributed by atoms with van der Waals surface area (Å²) in [5.41, 5.74) is 4.06. The molecule has 4 rings (SSSR count). The van der Waals surface area contributed by atoms with Crippen molar-refractivity contribution in [3.8, 4) is 0 Å². The van der Waals surface area contributed by atoms with Gasteiger partial charge in [-0.05, 0) is 51.4 Å². The number of fused-ring (bicyclic) bond motifs is 1. The molecule has 43 heavy (non-hydrogen) atoms. The number of amides is 1. The number of alkyl halides is 1. The van der Waals surface area contributed by atoms with Gasteiger partial charge in [0.25, 0.3) is 0 Å². The highest BCUT2D eigenvalue weighted by molar-refractivity contribution is 8.15. The molecule has 2 aromatic rings. The van der Waals surface area contributed by atoms with Crippen molar-refractivity contribution in [1.82, 2.24) is 19.9 Å². The van der Waals surface area contributed by atoms with Gasteiger partial charge in [-0.25, -0.2) is 23.5 Å². The van der Waals surface area contributed by atoms with Gasteiger partial charge in [-0.2, -0.15) is 0 Å². The van der Waals surface area contributed by atoms with Crippen molar-refractivity contribution < 1.29 is 23.0 Å². The number of nitrogens with zero attached hydrogens (tertiary/aromatic N) is 5. The highest BCUT2D eigenvalue weighted by Gasteiger charge is 2.69. The van der Waals surface area contributed by atoms with Gasteiger partial charge in [-0.15, -0.1) is 5.10 Å². The van der Waals surface area contributed by atoms with Crippen molar-refractivity contribution in [2.24, 2.45) is 10.9 Å². The van der Waals surface area contributed by atoms with Crippen LogP contribution in [0.1, 0.15) is 32.8 Å². The lowest BCUT2D eigenvalue weighted by atomic mass is 9.84. The third kappa shape index (κ3) is 7.68. The lowest BCUT2D eigenvalue weighted by Gasteiger charge is -2.38. The number of amidine groups is 1. The molecule has 1 saturated carbocycles. The van der Waals surface area contributed by atoms with Crippen LogP contribution in [0, 0.1) is 11.7 Å². The van der Waals surface area contributed by atoms with E-state index in [1.165, 1.54) is 34.9 Å². The van der Waals surface area contributed by atoms with Crippen molar-refractivity contribution in [1.29, 1.82) is 0 Å². The molecule has 1 aromatic heterocycles. The summed E-state index contributed by atoms with van der Waals surface area (Å²) < 4.78 is 43.9. The van der Waals surface area contributed by atoms with Gasteiger partial charge in [0.05, 0.1) is 11.9 Å². The van der Waals surface area contributed by atoms with Gasteiger partial charge in [-0.3, -0.25) is 4.68 Å². The van der Waals surface area contributed by atoms with Crippen LogP contribution < -0.4 is 11.1 Å². The number of benzene rings is 1. The summed E-state index contributed by atoms with van der Waals surface area (Å²) in [5, 5.41) is 10.00. The van der Waals surface area contributed by atoms with E-state index in [0.29, 0.717) is 25.3 Å². The van der Waals surface area contributed by atoms with Crippen LogP contribution in [-0.2, 0) is 21.6 Å². The van der Waals surface area contributed by atoms with E-state index in [0.717, 1.165) is 11.4 Å². The molecule has 0 saturated heterocycles. The molecule has 0 bridgehead atoms. The van der Waals surface area contributed by atoms with Crippen LogP contribution in [0.5, 0.6) is 0 Å². The molecule has 1 aliphatic heterocycles. The number of carbonyl (C=O) groups is 1. The van der Waals surface area contributed by atoms with Crippen molar-refractivity contribution in [3.63, 3.8) is 0 Å². The molecule has 9 nitrogen and oxygen atoms in total. The standard InChI is InChI=1S/C29H46F2N6O3SSi2/c1-27(2,3)40-26(38)37(19-39-12-13-42(4,5)6)25-33-29(17-30,21-14-20(32)10-11-22(21)31)23-15-28(23,41-25)18-36-16-24(34-35-36)43(7,8)9/h10-11,14,16,23H,12-13,15,17-19,32H2,1-9H3/t23-,28-,29+/m0/s1. The van der Waals surface area contributed by atoms with Crippen LogP contribution in [0.15, 0.2) is 29.4 Å². The number of hydrogen-bond acceptors (Lipinski definition) is 8. The van der Waals surface area contributed by atoms with E-state index in [-0.39, 0.29) is 23.4 Å². The first kappa shape index (κ1) is 33.6. The maximum atomic E-state index is 15.5. The summed E-state index contributed by atoms with van der Waals surface area (Å²) >= 11 is 1.37. The molecule has 1 amide bonds. The smallest absolute Gasteiger partial charge is 0.418 e. The Morgan fingerprint density at radius 1 is 1.23 bits per heavy atom. The van der Waals surface area contributed by atoms with Gasteiger partial charge in [0.2, 0.25) is 0 Å². The maximum Gasteiger partial charge on any atom is 0.418 e. The van der Waals surface area contributed by atoms with Crippen LogP contribution in [0.2, 0.25) is 45.3 Å². The first-order valence-electron chi connectivity index (χ1n) is 14.7. The highest BCUT2D eigenvalue weighted by Crippen LogP contribution is 2.67. The molecule has 238 valence electrons. The summed E-state index contributed by atoms with van der Waals surface area (Å²) in [6.07, 6.45) is 1.82. The summed E-state index contributed by atoms with van der Waals surface area (Å²) in [7, 11) is -3.12. The van der Waals surface area contributed by atoms with Crippen molar-refractivity contribution >= 4 is 50.2 Å². The second kappa shape index (κ2) is 11.9. The zero-order valence-corrected chi connectivity index (χ0v) is 29.6. The number of rotatable bonds is 10. The summed E-state index contributed by atoms with van der Waals surface area (Å²) in [5.74, 6) is -0.970. The molecule has 3 atom stereocenters. The van der Waals surface area contributed by atoms with E-state index in [4.69, 9.17) is 20.2 Å². The Labute approximate surface area is 260 Å². The number of nitrogens with two attached hydrogens (primary N) is 1. The minimum Gasteiger partial charge on any atom is -0.443 e. The molecule has 2 heterocycles. The SMILES string of the molecule is CC(C)(C)OC(=O)N(COCC[Si](C)(C)C)C1=N[C@](CF)(c2cc(N)ccc2F)[C@H]2C[C@@]2(Cn2cc([Si](C)(C)C)nn2)S1. The summed E-state index contributed by atoms with van der Waals surface area (Å²) in [4.78, 5) is 19.8. The molecule has 1 fully saturated rings. The van der Waals surface area contributed by atoms with Crippen molar-refractivity contribution in [2.75, 3.05) is 25.7 Å². The van der Waals surface area contributed by atoms with Gasteiger partial charge in [-0.1, -0.05) is 56.3 Å². The lowest BCUT2D eigenvalue weighted by Crippen LogP contribution is -2.47. The monoisotopic (exact) mass is 652 g/mol. The Morgan fingerprint density at radius 2 is 1.93 bits per heavy atom. The van der Waals surface area contributed by atoms with Gasteiger partial charge in [0.1, 0.15) is 38.4 Å². The number of nitrogen functional groups attached to an aromatic ring is 1. The number of aliphatic imine (C=N–C) groups is 1. The number of carbonyl (C=O) groups excluding carboxylic acids is 1. The predicted molar refractivity (Wildman–Crippen MR) is 174 cm³/mol. The Balaban J connectivity index is 1.78. The Kier molecular flexibility index (Phi) is 9.29. The molecule has 1 aromatic carbocycles. The van der Waals surface area contributed by atoms with Gasteiger partial charge >= 0.3 is 6.09 Å². The average Bonchev–Trinajstić information content (AvgIpc) is 3.38. The number of halogens is 2. The van der Waals surface area contributed by atoms with Crippen molar-refractivity contribution in [2.45, 2.75) is 94.9 Å². The normalized spacial score (nSPS) is 23.9. The topological polar surface area (TPSA) is 108 Å². The van der Waals surface area contributed by atoms with E-state index in [9.17, 15) is 4.79 Å². The lowest BCUT2D eigenvalue weighted by molar-refractivity contribution is 0.0109. The largest absolute Gasteiger partial charge is 0.443 e. The number of aromatic nitrogens is 3. The molecule has 2 N–H and O–H groups in total. The third-order valence-electron chi connectivity index (χ3n) is 7.65. The van der Waals surface area contributed by atoms with Crippen LogP contribution in [0.25, 0.3) is 0 Å². The molecule has 0 unspecified atom stereocenters. The van der Waals surface area contributed by atoms with E-state index < -0.39 is 50.6 Å². The second-order valence-electron chi connectivity index (χ2n) is 14.9. The van der Waals surface area contributed by atoms with E-state index in [1.807, 2.05) is 6.20 Å². The predicted octanol–water partition coefficient (Wildman–Crippen LogP) is 5.82. The van der Waals surface area contributed by atoms with Crippen LogP contribution in [-0.4, -0.2) is 77.7 Å². The maximum absolute atomic E-state index is 15.5. The van der Waals surface area contributed by atoms with Gasteiger partial charge in [0.15, 0.2) is 5.17 Å². The molecular weight excluding hydrogens is 607 g/mol. The Morgan fingerprint density at radius 3 is 2.51 bits per heavy atom. The summed E-state index contributed by atoms with van der Waals surface area (Å²) in [6.45, 7) is 18.4. The first-order chi connectivity index (χ1) is 19.8. The minimum atomic E-state index is -1.72. The van der Waals surface area contributed by atoms with Crippen molar-refractivity contribution in [3.05, 3.63) is 35.8 Å². The highest BCUT2D eigenvalue weighted by atomic mass is 32.2. The minimum absolute atomic E-state index is 0.0739. The molecule has 0 radical (unpaired) electrons. The fourth-order valence-electron chi connectivity index (χ4n) is 5.13. The average molecular weight is 653 g/mol. The van der Waals surface area contributed by atoms with E-state index in [1.54, 1.807) is 25.5 Å². The fraction of sp³-hybridized carbons (Fsp3) is 0.655. The Bertz CT molecular complexity index is 1370. The fourth-order valence-corrected chi connectivity index (χ4v) is 8.36. The third-order valence-corrected chi connectivity index (χ3v) is 12.6.